The molecule has 0 spiro atoms. The molecule has 4 N–H and O–H groups in total. The van der Waals surface area contributed by atoms with E-state index < -0.39 is 6.10 Å². The van der Waals surface area contributed by atoms with E-state index in [0.29, 0.717) is 13.0 Å². The van der Waals surface area contributed by atoms with Crippen LogP contribution in [-0.2, 0) is 13.0 Å². The van der Waals surface area contributed by atoms with Gasteiger partial charge in [-0.05, 0) is 17.5 Å². The Morgan fingerprint density at radius 1 is 0.900 bits per heavy atom. The zero-order valence-corrected chi connectivity index (χ0v) is 11.6. The smallest absolute Gasteiger partial charge is 0.0818 e. The number of nitrogens with two attached hydrogens (primary N) is 1. The van der Waals surface area contributed by atoms with Gasteiger partial charge in [-0.25, -0.2) is 0 Å². The van der Waals surface area contributed by atoms with E-state index in [1.807, 2.05) is 48.5 Å². The topological polar surface area (TPSA) is 58.3 Å². The second-order valence-corrected chi connectivity index (χ2v) is 5.04. The van der Waals surface area contributed by atoms with Crippen molar-refractivity contribution in [1.29, 1.82) is 0 Å². The van der Waals surface area contributed by atoms with Crippen LogP contribution in [-0.4, -0.2) is 23.8 Å². The highest BCUT2D eigenvalue weighted by Crippen LogP contribution is 2.04. The SMILES string of the molecule is N[C@@H](Cc1ccccc1)[C@@H](O)CNCc1ccccc1. The summed E-state index contributed by atoms with van der Waals surface area (Å²) in [5, 5.41) is 13.3. The van der Waals surface area contributed by atoms with Crippen LogP contribution in [0.3, 0.4) is 0 Å². The molecule has 0 amide bonds. The van der Waals surface area contributed by atoms with Crippen molar-refractivity contribution in [2.24, 2.45) is 5.73 Å². The summed E-state index contributed by atoms with van der Waals surface area (Å²) in [7, 11) is 0. The van der Waals surface area contributed by atoms with Gasteiger partial charge in [-0.3, -0.25) is 0 Å². The molecular formula is C17H22N2O. The Bertz CT molecular complexity index is 487. The van der Waals surface area contributed by atoms with Crippen molar-refractivity contribution in [3.05, 3.63) is 71.8 Å². The maximum atomic E-state index is 10.1. The first-order valence-corrected chi connectivity index (χ1v) is 6.98. The van der Waals surface area contributed by atoms with Gasteiger partial charge in [-0.1, -0.05) is 60.7 Å². The van der Waals surface area contributed by atoms with Gasteiger partial charge >= 0.3 is 0 Å². The third kappa shape index (κ3) is 4.78. The Hall–Kier alpha value is -1.68. The van der Waals surface area contributed by atoms with Crippen LogP contribution in [0.5, 0.6) is 0 Å². The Morgan fingerprint density at radius 2 is 1.45 bits per heavy atom. The Labute approximate surface area is 120 Å². The van der Waals surface area contributed by atoms with Crippen LogP contribution < -0.4 is 11.1 Å². The molecule has 0 aliphatic carbocycles. The lowest BCUT2D eigenvalue weighted by Gasteiger charge is -2.19. The van der Waals surface area contributed by atoms with Crippen molar-refractivity contribution < 1.29 is 5.11 Å². The predicted octanol–water partition coefficient (Wildman–Crippen LogP) is 1.71. The number of aliphatic hydroxyl groups excluding tert-OH is 1. The van der Waals surface area contributed by atoms with Gasteiger partial charge in [0, 0.05) is 19.1 Å². The van der Waals surface area contributed by atoms with Gasteiger partial charge in [0.05, 0.1) is 6.10 Å². The molecule has 0 unspecified atom stereocenters. The molecule has 0 aromatic heterocycles. The number of nitrogens with one attached hydrogen (secondary N) is 1. The van der Waals surface area contributed by atoms with Crippen molar-refractivity contribution in [1.82, 2.24) is 5.32 Å². The number of hydrogen-bond donors (Lipinski definition) is 3. The molecule has 20 heavy (non-hydrogen) atoms. The van der Waals surface area contributed by atoms with Crippen molar-refractivity contribution in [2.45, 2.75) is 25.1 Å². The van der Waals surface area contributed by atoms with Crippen LogP contribution in [0.4, 0.5) is 0 Å². The van der Waals surface area contributed by atoms with E-state index >= 15 is 0 Å². The minimum atomic E-state index is -0.543. The molecule has 0 saturated heterocycles. The largest absolute Gasteiger partial charge is 0.390 e. The van der Waals surface area contributed by atoms with Crippen LogP contribution in [0.15, 0.2) is 60.7 Å². The van der Waals surface area contributed by atoms with E-state index in [9.17, 15) is 5.11 Å². The van der Waals surface area contributed by atoms with Crippen molar-refractivity contribution >= 4 is 0 Å². The highest BCUT2D eigenvalue weighted by atomic mass is 16.3. The first-order chi connectivity index (χ1) is 9.75. The van der Waals surface area contributed by atoms with E-state index in [0.717, 1.165) is 12.1 Å². The molecule has 0 saturated carbocycles. The van der Waals surface area contributed by atoms with Gasteiger partial charge in [-0.15, -0.1) is 0 Å². The van der Waals surface area contributed by atoms with Crippen molar-refractivity contribution in [2.75, 3.05) is 6.54 Å². The summed E-state index contributed by atoms with van der Waals surface area (Å²) in [5.41, 5.74) is 8.40. The van der Waals surface area contributed by atoms with Gasteiger partial charge in [0.2, 0.25) is 0 Å². The van der Waals surface area contributed by atoms with Crippen LogP contribution in [0, 0.1) is 0 Å². The molecule has 0 radical (unpaired) electrons. The second-order valence-electron chi connectivity index (χ2n) is 5.04. The second kappa shape index (κ2) is 7.80. The third-order valence-corrected chi connectivity index (χ3v) is 3.33. The Kier molecular flexibility index (Phi) is 5.74. The summed E-state index contributed by atoms with van der Waals surface area (Å²) >= 11 is 0. The van der Waals surface area contributed by atoms with Gasteiger partial charge < -0.3 is 16.2 Å². The predicted molar refractivity (Wildman–Crippen MR) is 82.3 cm³/mol. The lowest BCUT2D eigenvalue weighted by Crippen LogP contribution is -2.42. The zero-order chi connectivity index (χ0) is 14.2. The molecule has 2 rings (SSSR count). The van der Waals surface area contributed by atoms with E-state index in [-0.39, 0.29) is 6.04 Å². The molecule has 3 nitrogen and oxygen atoms in total. The summed E-state index contributed by atoms with van der Waals surface area (Å²) in [4.78, 5) is 0. The molecular weight excluding hydrogens is 248 g/mol. The van der Waals surface area contributed by atoms with Crippen LogP contribution in [0.2, 0.25) is 0 Å². The highest BCUT2D eigenvalue weighted by Gasteiger charge is 2.14. The minimum absolute atomic E-state index is 0.249. The fourth-order valence-corrected chi connectivity index (χ4v) is 2.13. The average Bonchev–Trinajstić information content (AvgIpc) is 2.49. The number of benzene rings is 2. The zero-order valence-electron chi connectivity index (χ0n) is 11.6. The molecule has 2 aromatic rings. The highest BCUT2D eigenvalue weighted by molar-refractivity contribution is 5.16. The summed E-state index contributed by atoms with van der Waals surface area (Å²) in [6.07, 6.45) is 0.147. The van der Waals surface area contributed by atoms with E-state index in [2.05, 4.69) is 17.4 Å². The van der Waals surface area contributed by atoms with E-state index in [1.54, 1.807) is 0 Å². The molecule has 3 heteroatoms. The molecule has 2 aromatic carbocycles. The van der Waals surface area contributed by atoms with Crippen LogP contribution in [0.25, 0.3) is 0 Å². The fourth-order valence-electron chi connectivity index (χ4n) is 2.13. The van der Waals surface area contributed by atoms with Gasteiger partial charge in [0.15, 0.2) is 0 Å². The monoisotopic (exact) mass is 270 g/mol. The van der Waals surface area contributed by atoms with Crippen molar-refractivity contribution in [3.8, 4) is 0 Å². The van der Waals surface area contributed by atoms with Crippen LogP contribution >= 0.6 is 0 Å². The fraction of sp³-hybridized carbons (Fsp3) is 0.294. The summed E-state index contributed by atoms with van der Waals surface area (Å²) < 4.78 is 0. The third-order valence-electron chi connectivity index (χ3n) is 3.33. The van der Waals surface area contributed by atoms with E-state index in [4.69, 9.17) is 5.73 Å². The molecule has 0 fully saturated rings. The standard InChI is InChI=1S/C17H22N2O/c18-16(11-14-7-3-1-4-8-14)17(20)13-19-12-15-9-5-2-6-10-15/h1-10,16-17,19-20H,11-13,18H2/t16-,17-/m0/s1. The Balaban J connectivity index is 1.73. The van der Waals surface area contributed by atoms with E-state index in [1.165, 1.54) is 5.56 Å². The van der Waals surface area contributed by atoms with Gasteiger partial charge in [0.25, 0.3) is 0 Å². The first-order valence-electron chi connectivity index (χ1n) is 6.98. The summed E-state index contributed by atoms with van der Waals surface area (Å²) in [6, 6.07) is 19.9. The lowest BCUT2D eigenvalue weighted by molar-refractivity contribution is 0.141. The quantitative estimate of drug-likeness (QED) is 0.718. The summed E-state index contributed by atoms with van der Waals surface area (Å²) in [5.74, 6) is 0. The molecule has 0 aliphatic heterocycles. The molecule has 106 valence electrons. The minimum Gasteiger partial charge on any atom is -0.390 e. The molecule has 2 atom stereocenters. The van der Waals surface area contributed by atoms with Gasteiger partial charge in [0.1, 0.15) is 0 Å². The molecule has 0 bridgehead atoms. The Morgan fingerprint density at radius 3 is 2.05 bits per heavy atom. The molecule has 0 heterocycles. The summed E-state index contributed by atoms with van der Waals surface area (Å²) in [6.45, 7) is 1.25. The number of aliphatic hydroxyl groups is 1. The van der Waals surface area contributed by atoms with Crippen LogP contribution in [0.1, 0.15) is 11.1 Å². The maximum Gasteiger partial charge on any atom is 0.0818 e. The first kappa shape index (κ1) is 14.7. The lowest BCUT2D eigenvalue weighted by atomic mass is 10.0. The number of hydrogen-bond acceptors (Lipinski definition) is 3. The van der Waals surface area contributed by atoms with Crippen molar-refractivity contribution in [3.63, 3.8) is 0 Å². The average molecular weight is 270 g/mol. The number of rotatable bonds is 7. The molecule has 0 aliphatic rings. The van der Waals surface area contributed by atoms with Gasteiger partial charge in [-0.2, -0.15) is 0 Å². The normalized spacial score (nSPS) is 13.9. The maximum absolute atomic E-state index is 10.1.